The third-order valence-electron chi connectivity index (χ3n) is 2.94. The minimum absolute atomic E-state index is 0.174. The molecule has 0 radical (unpaired) electrons. The van der Waals surface area contributed by atoms with E-state index in [4.69, 9.17) is 9.84 Å². The normalized spacial score (nSPS) is 10.6. The molecule has 0 atom stereocenters. The molecule has 3 nitrogen and oxygen atoms in total. The molecule has 0 aromatic heterocycles. The number of aliphatic hydroxyl groups is 1. The highest BCUT2D eigenvalue weighted by atomic mass is 16.5. The van der Waals surface area contributed by atoms with Crippen LogP contribution in [0.25, 0.3) is 0 Å². The maximum atomic E-state index is 8.72. The van der Waals surface area contributed by atoms with Gasteiger partial charge in [-0.1, -0.05) is 6.07 Å². The van der Waals surface area contributed by atoms with Crippen molar-refractivity contribution in [2.45, 2.75) is 27.3 Å². The second kappa shape index (κ2) is 5.87. The Kier molecular flexibility index (Phi) is 4.77. The molecule has 0 spiro atoms. The summed E-state index contributed by atoms with van der Waals surface area (Å²) in [6.07, 6.45) is 0. The molecule has 16 heavy (non-hydrogen) atoms. The third-order valence-corrected chi connectivity index (χ3v) is 2.94. The van der Waals surface area contributed by atoms with Gasteiger partial charge >= 0.3 is 0 Å². The average Bonchev–Trinajstić information content (AvgIpc) is 2.26. The van der Waals surface area contributed by atoms with E-state index in [0.717, 1.165) is 17.9 Å². The van der Waals surface area contributed by atoms with Crippen LogP contribution in [0.2, 0.25) is 0 Å². The Morgan fingerprint density at radius 1 is 1.25 bits per heavy atom. The Balaban J connectivity index is 2.94. The van der Waals surface area contributed by atoms with E-state index in [0.29, 0.717) is 6.54 Å². The monoisotopic (exact) mass is 223 g/mol. The Morgan fingerprint density at radius 3 is 2.50 bits per heavy atom. The van der Waals surface area contributed by atoms with Gasteiger partial charge in [0.05, 0.1) is 13.7 Å². The van der Waals surface area contributed by atoms with Crippen molar-refractivity contribution in [1.29, 1.82) is 0 Å². The molecule has 0 saturated carbocycles. The van der Waals surface area contributed by atoms with Crippen molar-refractivity contribution in [3.05, 3.63) is 28.3 Å². The quantitative estimate of drug-likeness (QED) is 0.747. The summed E-state index contributed by atoms with van der Waals surface area (Å²) >= 11 is 0. The summed E-state index contributed by atoms with van der Waals surface area (Å²) in [4.78, 5) is 0. The lowest BCUT2D eigenvalue weighted by atomic mass is 9.98. The molecule has 90 valence electrons. The number of rotatable bonds is 5. The highest BCUT2D eigenvalue weighted by molar-refractivity contribution is 5.48. The van der Waals surface area contributed by atoms with Crippen LogP contribution < -0.4 is 10.1 Å². The summed E-state index contributed by atoms with van der Waals surface area (Å²) in [6, 6.07) is 2.14. The van der Waals surface area contributed by atoms with Crippen LogP contribution in [0.15, 0.2) is 6.07 Å². The summed E-state index contributed by atoms with van der Waals surface area (Å²) in [5.41, 5.74) is 4.88. The predicted octanol–water partition coefficient (Wildman–Crippen LogP) is 1.70. The van der Waals surface area contributed by atoms with Crippen LogP contribution in [0.3, 0.4) is 0 Å². The van der Waals surface area contributed by atoms with Crippen molar-refractivity contribution in [1.82, 2.24) is 5.32 Å². The summed E-state index contributed by atoms with van der Waals surface area (Å²) in [5, 5.41) is 11.9. The maximum absolute atomic E-state index is 8.72. The number of benzene rings is 1. The number of hydrogen-bond donors (Lipinski definition) is 2. The van der Waals surface area contributed by atoms with E-state index in [2.05, 4.69) is 32.2 Å². The van der Waals surface area contributed by atoms with Gasteiger partial charge in [-0.15, -0.1) is 0 Å². The Morgan fingerprint density at radius 2 is 1.94 bits per heavy atom. The lowest BCUT2D eigenvalue weighted by molar-refractivity contribution is 0.292. The van der Waals surface area contributed by atoms with E-state index in [1.165, 1.54) is 16.7 Å². The van der Waals surface area contributed by atoms with Gasteiger partial charge in [0.25, 0.3) is 0 Å². The molecule has 0 aliphatic heterocycles. The second-order valence-corrected chi connectivity index (χ2v) is 4.04. The molecule has 0 amide bonds. The molecule has 0 saturated heterocycles. The molecular weight excluding hydrogens is 202 g/mol. The Labute approximate surface area is 97.4 Å². The first kappa shape index (κ1) is 13.0. The molecule has 1 aromatic carbocycles. The zero-order valence-corrected chi connectivity index (χ0v) is 10.6. The summed E-state index contributed by atoms with van der Waals surface area (Å²) in [6.45, 7) is 7.83. The van der Waals surface area contributed by atoms with Gasteiger partial charge in [0, 0.05) is 13.1 Å². The number of nitrogens with one attached hydrogen (secondary N) is 1. The highest BCUT2D eigenvalue weighted by Gasteiger charge is 2.09. The van der Waals surface area contributed by atoms with E-state index in [-0.39, 0.29) is 6.61 Å². The summed E-state index contributed by atoms with van der Waals surface area (Å²) in [7, 11) is 1.71. The Bertz CT molecular complexity index is 361. The maximum Gasteiger partial charge on any atom is 0.124 e. The smallest absolute Gasteiger partial charge is 0.124 e. The van der Waals surface area contributed by atoms with E-state index in [1.807, 2.05) is 0 Å². The van der Waals surface area contributed by atoms with Gasteiger partial charge in [-0.05, 0) is 43.0 Å². The molecule has 0 heterocycles. The number of methoxy groups -OCH3 is 1. The average molecular weight is 223 g/mol. The minimum atomic E-state index is 0.174. The first-order chi connectivity index (χ1) is 7.61. The van der Waals surface area contributed by atoms with E-state index < -0.39 is 0 Å². The van der Waals surface area contributed by atoms with Gasteiger partial charge in [-0.25, -0.2) is 0 Å². The molecule has 0 bridgehead atoms. The first-order valence-corrected chi connectivity index (χ1v) is 5.57. The fraction of sp³-hybridized carbons (Fsp3) is 0.538. The van der Waals surface area contributed by atoms with Crippen molar-refractivity contribution in [2.75, 3.05) is 20.3 Å². The highest BCUT2D eigenvalue weighted by Crippen LogP contribution is 2.28. The zero-order valence-electron chi connectivity index (χ0n) is 10.6. The van der Waals surface area contributed by atoms with Gasteiger partial charge in [0.2, 0.25) is 0 Å². The summed E-state index contributed by atoms with van der Waals surface area (Å²) in [5.74, 6) is 0.975. The first-order valence-electron chi connectivity index (χ1n) is 5.57. The van der Waals surface area contributed by atoms with Crippen LogP contribution in [-0.4, -0.2) is 25.4 Å². The van der Waals surface area contributed by atoms with Crippen molar-refractivity contribution >= 4 is 0 Å². The van der Waals surface area contributed by atoms with Crippen molar-refractivity contribution in [2.24, 2.45) is 0 Å². The minimum Gasteiger partial charge on any atom is -0.496 e. The van der Waals surface area contributed by atoms with E-state index in [1.54, 1.807) is 7.11 Å². The molecule has 1 rings (SSSR count). The van der Waals surface area contributed by atoms with E-state index in [9.17, 15) is 0 Å². The summed E-state index contributed by atoms with van der Waals surface area (Å²) < 4.78 is 5.38. The third kappa shape index (κ3) is 2.74. The van der Waals surface area contributed by atoms with Crippen molar-refractivity contribution in [3.8, 4) is 5.75 Å². The number of ether oxygens (including phenoxy) is 1. The standard InChI is InChI=1S/C13H21NO2/c1-9-7-12(8-14-5-6-15)10(2)11(3)13(9)16-4/h7,14-15H,5-6,8H2,1-4H3. The molecular formula is C13H21NO2. The van der Waals surface area contributed by atoms with Crippen molar-refractivity contribution in [3.63, 3.8) is 0 Å². The predicted molar refractivity (Wildman–Crippen MR) is 66.0 cm³/mol. The molecule has 0 aliphatic rings. The van der Waals surface area contributed by atoms with Gasteiger partial charge in [0.15, 0.2) is 0 Å². The lowest BCUT2D eigenvalue weighted by Gasteiger charge is -2.15. The van der Waals surface area contributed by atoms with Crippen molar-refractivity contribution < 1.29 is 9.84 Å². The number of aryl methyl sites for hydroxylation is 1. The molecule has 0 unspecified atom stereocenters. The van der Waals surface area contributed by atoms with Gasteiger partial charge in [0.1, 0.15) is 5.75 Å². The molecule has 0 fully saturated rings. The van der Waals surface area contributed by atoms with Crippen LogP contribution >= 0.6 is 0 Å². The SMILES string of the molecule is COc1c(C)cc(CNCCO)c(C)c1C. The largest absolute Gasteiger partial charge is 0.496 e. The van der Waals surface area contributed by atoms with E-state index >= 15 is 0 Å². The van der Waals surface area contributed by atoms with Crippen LogP contribution in [0.1, 0.15) is 22.3 Å². The molecule has 0 aliphatic carbocycles. The van der Waals surface area contributed by atoms with Crippen LogP contribution in [0, 0.1) is 20.8 Å². The molecule has 3 heteroatoms. The van der Waals surface area contributed by atoms with Crippen LogP contribution in [-0.2, 0) is 6.54 Å². The number of hydrogen-bond acceptors (Lipinski definition) is 3. The lowest BCUT2D eigenvalue weighted by Crippen LogP contribution is -2.18. The van der Waals surface area contributed by atoms with Gasteiger partial charge in [-0.2, -0.15) is 0 Å². The topological polar surface area (TPSA) is 41.5 Å². The number of aliphatic hydroxyl groups excluding tert-OH is 1. The Hall–Kier alpha value is -1.06. The fourth-order valence-electron chi connectivity index (χ4n) is 1.94. The second-order valence-electron chi connectivity index (χ2n) is 4.04. The van der Waals surface area contributed by atoms with Crippen LogP contribution in [0.4, 0.5) is 0 Å². The molecule has 2 N–H and O–H groups in total. The fourth-order valence-corrected chi connectivity index (χ4v) is 1.94. The van der Waals surface area contributed by atoms with Gasteiger partial charge < -0.3 is 15.2 Å². The zero-order chi connectivity index (χ0) is 12.1. The molecule has 1 aromatic rings. The van der Waals surface area contributed by atoms with Crippen LogP contribution in [0.5, 0.6) is 5.75 Å². The van der Waals surface area contributed by atoms with Gasteiger partial charge in [-0.3, -0.25) is 0 Å².